The van der Waals surface area contributed by atoms with Crippen LogP contribution in [0.2, 0.25) is 0 Å². The van der Waals surface area contributed by atoms with Gasteiger partial charge in [0, 0.05) is 11.6 Å². The van der Waals surface area contributed by atoms with E-state index in [-0.39, 0.29) is 12.5 Å². The summed E-state index contributed by atoms with van der Waals surface area (Å²) in [5.41, 5.74) is 6.62. The molecule has 1 aliphatic rings. The highest BCUT2D eigenvalue weighted by Crippen LogP contribution is 2.36. The Morgan fingerprint density at radius 1 is 1.48 bits per heavy atom. The zero-order valence-corrected chi connectivity index (χ0v) is 12.9. The highest BCUT2D eigenvalue weighted by molar-refractivity contribution is 7.99. The molecule has 0 amide bonds. The van der Waals surface area contributed by atoms with Crippen LogP contribution in [0.5, 0.6) is 11.5 Å². The van der Waals surface area contributed by atoms with E-state index < -0.39 is 12.0 Å². The van der Waals surface area contributed by atoms with Crippen molar-refractivity contribution < 1.29 is 19.4 Å². The predicted octanol–water partition coefficient (Wildman–Crippen LogP) is 2.44. The molecule has 6 heteroatoms. The van der Waals surface area contributed by atoms with Crippen molar-refractivity contribution in [3.8, 4) is 11.5 Å². The number of methoxy groups -OCH3 is 1. The van der Waals surface area contributed by atoms with Gasteiger partial charge in [0.1, 0.15) is 6.10 Å². The number of ether oxygens (including phenoxy) is 2. The molecular formula is C15H21NO4S. The second kappa shape index (κ2) is 7.56. The van der Waals surface area contributed by atoms with E-state index in [4.69, 9.17) is 20.3 Å². The number of benzene rings is 1. The summed E-state index contributed by atoms with van der Waals surface area (Å²) >= 11 is 1.94. The number of hydrogen-bond acceptors (Lipinski definition) is 5. The van der Waals surface area contributed by atoms with Crippen LogP contribution in [-0.4, -0.2) is 35.8 Å². The van der Waals surface area contributed by atoms with E-state index in [1.165, 1.54) is 0 Å². The lowest BCUT2D eigenvalue weighted by atomic mass is 10.0. The third kappa shape index (κ3) is 4.28. The summed E-state index contributed by atoms with van der Waals surface area (Å²) in [7, 11) is 1.55. The van der Waals surface area contributed by atoms with Crippen molar-refractivity contribution in [2.45, 2.75) is 31.4 Å². The maximum absolute atomic E-state index is 10.8. The highest BCUT2D eigenvalue weighted by Gasteiger charge is 2.21. The summed E-state index contributed by atoms with van der Waals surface area (Å²) in [5.74, 6) is 2.47. The normalized spacial score (nSPS) is 17.2. The molecule has 1 saturated heterocycles. The fourth-order valence-corrected chi connectivity index (χ4v) is 3.47. The Kier molecular flexibility index (Phi) is 5.76. The van der Waals surface area contributed by atoms with E-state index >= 15 is 0 Å². The number of rotatable bonds is 6. The fraction of sp³-hybridized carbons (Fsp3) is 0.533. The molecule has 3 N–H and O–H groups in total. The van der Waals surface area contributed by atoms with Crippen molar-refractivity contribution in [3.05, 3.63) is 23.8 Å². The van der Waals surface area contributed by atoms with Gasteiger partial charge in [0.05, 0.1) is 13.5 Å². The third-order valence-electron chi connectivity index (χ3n) is 3.47. The third-order valence-corrected chi connectivity index (χ3v) is 4.52. The molecule has 0 aliphatic carbocycles. The van der Waals surface area contributed by atoms with Crippen molar-refractivity contribution in [3.63, 3.8) is 0 Å². The minimum atomic E-state index is -0.930. The lowest BCUT2D eigenvalue weighted by Crippen LogP contribution is -2.23. The van der Waals surface area contributed by atoms with Gasteiger partial charge in [0.25, 0.3) is 0 Å². The molecule has 0 bridgehead atoms. The molecule has 0 radical (unpaired) electrons. The Bertz CT molecular complexity index is 489. The van der Waals surface area contributed by atoms with E-state index in [1.807, 2.05) is 23.9 Å². The summed E-state index contributed by atoms with van der Waals surface area (Å²) in [6, 6.07) is 4.85. The Morgan fingerprint density at radius 3 is 2.81 bits per heavy atom. The molecule has 21 heavy (non-hydrogen) atoms. The Morgan fingerprint density at radius 2 is 2.19 bits per heavy atom. The zero-order chi connectivity index (χ0) is 15.2. The molecule has 116 valence electrons. The standard InChI is InChI=1S/C15H21NO4S/c1-19-15-11(12(16)9-14(17)18)3-2-4-13(15)20-10-5-7-21-8-6-10/h2-4,10,12H,5-9,16H2,1H3,(H,17,18). The van der Waals surface area contributed by atoms with E-state index in [1.54, 1.807) is 13.2 Å². The molecule has 0 saturated carbocycles. The van der Waals surface area contributed by atoms with Gasteiger partial charge in [-0.1, -0.05) is 12.1 Å². The van der Waals surface area contributed by atoms with E-state index in [0.29, 0.717) is 17.1 Å². The van der Waals surface area contributed by atoms with Gasteiger partial charge < -0.3 is 20.3 Å². The number of nitrogens with two attached hydrogens (primary N) is 1. The van der Waals surface area contributed by atoms with Gasteiger partial charge in [-0.05, 0) is 30.4 Å². The van der Waals surface area contributed by atoms with Crippen LogP contribution in [0.1, 0.15) is 30.9 Å². The maximum atomic E-state index is 10.8. The molecule has 1 aromatic carbocycles. The number of carboxylic acid groups (broad SMARTS) is 1. The molecule has 2 rings (SSSR count). The first-order chi connectivity index (χ1) is 10.1. The number of para-hydroxylation sites is 1. The van der Waals surface area contributed by atoms with Crippen molar-refractivity contribution in [1.29, 1.82) is 0 Å². The van der Waals surface area contributed by atoms with E-state index in [9.17, 15) is 4.79 Å². The Labute approximate surface area is 128 Å². The van der Waals surface area contributed by atoms with Crippen LogP contribution in [0.25, 0.3) is 0 Å². The molecule has 5 nitrogen and oxygen atoms in total. The van der Waals surface area contributed by atoms with Crippen molar-refractivity contribution in [1.82, 2.24) is 0 Å². The second-order valence-corrected chi connectivity index (χ2v) is 6.24. The van der Waals surface area contributed by atoms with Crippen LogP contribution in [0, 0.1) is 0 Å². The minimum absolute atomic E-state index is 0.139. The quantitative estimate of drug-likeness (QED) is 0.840. The van der Waals surface area contributed by atoms with Crippen LogP contribution >= 0.6 is 11.8 Å². The lowest BCUT2D eigenvalue weighted by Gasteiger charge is -2.25. The summed E-state index contributed by atoms with van der Waals surface area (Å²) in [4.78, 5) is 10.8. The highest BCUT2D eigenvalue weighted by atomic mass is 32.2. The molecule has 1 fully saturated rings. The average molecular weight is 311 g/mol. The number of carbonyl (C=O) groups is 1. The van der Waals surface area contributed by atoms with Gasteiger partial charge in [-0.15, -0.1) is 0 Å². The summed E-state index contributed by atoms with van der Waals surface area (Å²) in [5, 5.41) is 8.88. The minimum Gasteiger partial charge on any atom is -0.493 e. The van der Waals surface area contributed by atoms with E-state index in [2.05, 4.69) is 0 Å². The number of thioether (sulfide) groups is 1. The molecule has 1 heterocycles. The second-order valence-electron chi connectivity index (χ2n) is 5.01. The first kappa shape index (κ1) is 16.0. The van der Waals surface area contributed by atoms with Gasteiger partial charge in [-0.2, -0.15) is 11.8 Å². The van der Waals surface area contributed by atoms with E-state index in [0.717, 1.165) is 24.3 Å². The SMILES string of the molecule is COc1c(OC2CCSCC2)cccc1C(N)CC(=O)O. The summed E-state index contributed by atoms with van der Waals surface area (Å²) < 4.78 is 11.4. The topological polar surface area (TPSA) is 81.8 Å². The zero-order valence-electron chi connectivity index (χ0n) is 12.1. The molecule has 0 spiro atoms. The van der Waals surface area contributed by atoms with Gasteiger partial charge in [-0.3, -0.25) is 4.79 Å². The number of hydrogen-bond donors (Lipinski definition) is 2. The van der Waals surface area contributed by atoms with Crippen LogP contribution in [-0.2, 0) is 4.79 Å². The first-order valence-corrected chi connectivity index (χ1v) is 8.16. The molecule has 0 aromatic heterocycles. The van der Waals surface area contributed by atoms with Crippen molar-refractivity contribution in [2.24, 2.45) is 5.73 Å². The first-order valence-electron chi connectivity index (χ1n) is 7.00. The van der Waals surface area contributed by atoms with Crippen LogP contribution in [0.4, 0.5) is 0 Å². The van der Waals surface area contributed by atoms with Crippen molar-refractivity contribution in [2.75, 3.05) is 18.6 Å². The van der Waals surface area contributed by atoms with Gasteiger partial charge in [0.15, 0.2) is 11.5 Å². The summed E-state index contributed by atoms with van der Waals surface area (Å²) in [6.07, 6.45) is 2.07. The van der Waals surface area contributed by atoms with Crippen molar-refractivity contribution >= 4 is 17.7 Å². The molecule has 1 unspecified atom stereocenters. The largest absolute Gasteiger partial charge is 0.493 e. The van der Waals surface area contributed by atoms with Gasteiger partial charge >= 0.3 is 5.97 Å². The fourth-order valence-electron chi connectivity index (χ4n) is 2.41. The maximum Gasteiger partial charge on any atom is 0.305 e. The molecule has 1 atom stereocenters. The summed E-state index contributed by atoms with van der Waals surface area (Å²) in [6.45, 7) is 0. The van der Waals surface area contributed by atoms with Crippen LogP contribution in [0.15, 0.2) is 18.2 Å². The Hall–Kier alpha value is -1.40. The number of carboxylic acids is 1. The molecular weight excluding hydrogens is 290 g/mol. The average Bonchev–Trinajstić information content (AvgIpc) is 2.47. The Balaban J connectivity index is 2.18. The van der Waals surface area contributed by atoms with Gasteiger partial charge in [-0.25, -0.2) is 0 Å². The number of aliphatic carboxylic acids is 1. The smallest absolute Gasteiger partial charge is 0.305 e. The lowest BCUT2D eigenvalue weighted by molar-refractivity contribution is -0.137. The molecule has 1 aromatic rings. The molecule has 1 aliphatic heterocycles. The predicted molar refractivity (Wildman–Crippen MR) is 83.2 cm³/mol. The van der Waals surface area contributed by atoms with Crippen LogP contribution in [0.3, 0.4) is 0 Å². The van der Waals surface area contributed by atoms with Gasteiger partial charge in [0.2, 0.25) is 0 Å². The monoisotopic (exact) mass is 311 g/mol. The van der Waals surface area contributed by atoms with Crippen LogP contribution < -0.4 is 15.2 Å².